The van der Waals surface area contributed by atoms with E-state index in [2.05, 4.69) is 116 Å². The maximum absolute atomic E-state index is 4.13. The Balaban J connectivity index is 1.63. The fourth-order valence-electron chi connectivity index (χ4n) is 3.27. The van der Waals surface area contributed by atoms with E-state index in [1.807, 2.05) is 23.2 Å². The van der Waals surface area contributed by atoms with Crippen LogP contribution in [0, 0.1) is 17.3 Å². The molecule has 0 fully saturated rings. The highest BCUT2D eigenvalue weighted by molar-refractivity contribution is 5.70. The Morgan fingerprint density at radius 3 is 2.47 bits per heavy atom. The molecule has 3 nitrogen and oxygen atoms in total. The van der Waals surface area contributed by atoms with Crippen molar-refractivity contribution in [3.63, 3.8) is 0 Å². The molecule has 2 aromatic carbocycles. The summed E-state index contributed by atoms with van der Waals surface area (Å²) in [5.41, 5.74) is 4.84. The van der Waals surface area contributed by atoms with Crippen molar-refractivity contribution in [1.82, 2.24) is 14.5 Å². The van der Waals surface area contributed by atoms with E-state index in [4.69, 9.17) is 0 Å². The zero-order valence-corrected chi connectivity index (χ0v) is 19.6. The van der Waals surface area contributed by atoms with Crippen LogP contribution in [-0.2, 0) is 6.54 Å². The number of benzene rings is 2. The average molecular weight is 424 g/mol. The van der Waals surface area contributed by atoms with Crippen LogP contribution >= 0.6 is 0 Å². The largest absolute Gasteiger partial charge is 0.306 e. The number of imidazole rings is 1. The quantitative estimate of drug-likeness (QED) is 0.306. The van der Waals surface area contributed by atoms with Gasteiger partial charge in [0.05, 0.1) is 6.33 Å². The lowest BCUT2D eigenvalue weighted by molar-refractivity contribution is 0.311. The number of likely N-dealkylation sites (N-methyl/N-ethyl adjacent to an activating group) is 1. The van der Waals surface area contributed by atoms with Crippen molar-refractivity contribution in [2.75, 3.05) is 13.1 Å². The standard InChI is InChI=1S/C29H33N3/c1-5-31(19-8-6-7-17-29(2,3)4)23-27-13-9-11-25(21-27)15-16-26-12-10-14-28(22-26)32-20-18-30-24-32/h6,8-16,18,20-22,24H,5,19,23H2,1-4H3. The summed E-state index contributed by atoms with van der Waals surface area (Å²) >= 11 is 0. The molecule has 0 aliphatic carbocycles. The number of hydrogen-bond acceptors (Lipinski definition) is 2. The second-order valence-electron chi connectivity index (χ2n) is 8.89. The summed E-state index contributed by atoms with van der Waals surface area (Å²) in [6.07, 6.45) is 14.0. The number of nitrogens with zero attached hydrogens (tertiary/aromatic N) is 3. The van der Waals surface area contributed by atoms with Crippen molar-refractivity contribution in [2.45, 2.75) is 34.2 Å². The van der Waals surface area contributed by atoms with Gasteiger partial charge in [-0.1, -0.05) is 73.4 Å². The highest BCUT2D eigenvalue weighted by Gasteiger charge is 2.04. The third-order valence-electron chi connectivity index (χ3n) is 4.96. The van der Waals surface area contributed by atoms with Crippen LogP contribution in [0.15, 0.2) is 79.4 Å². The van der Waals surface area contributed by atoms with Crippen LogP contribution in [0.5, 0.6) is 0 Å². The lowest BCUT2D eigenvalue weighted by Gasteiger charge is -2.18. The summed E-state index contributed by atoms with van der Waals surface area (Å²) in [6, 6.07) is 17.2. The second-order valence-corrected chi connectivity index (χ2v) is 8.89. The zero-order valence-electron chi connectivity index (χ0n) is 19.6. The highest BCUT2D eigenvalue weighted by atomic mass is 15.1. The first-order valence-electron chi connectivity index (χ1n) is 11.2. The summed E-state index contributed by atoms with van der Waals surface area (Å²) in [6.45, 7) is 11.4. The van der Waals surface area contributed by atoms with Gasteiger partial charge in [0.1, 0.15) is 0 Å². The number of allylic oxidation sites excluding steroid dienone is 1. The smallest absolute Gasteiger partial charge is 0.0991 e. The first-order chi connectivity index (χ1) is 15.4. The Kier molecular flexibility index (Phi) is 8.25. The first-order valence-corrected chi connectivity index (χ1v) is 11.2. The Labute approximate surface area is 193 Å². The highest BCUT2D eigenvalue weighted by Crippen LogP contribution is 2.15. The second kappa shape index (κ2) is 11.3. The number of aromatic nitrogens is 2. The van der Waals surface area contributed by atoms with Gasteiger partial charge < -0.3 is 4.57 Å². The van der Waals surface area contributed by atoms with Crippen LogP contribution in [0.2, 0.25) is 0 Å². The van der Waals surface area contributed by atoms with Gasteiger partial charge in [0.15, 0.2) is 0 Å². The lowest BCUT2D eigenvalue weighted by Crippen LogP contribution is -2.22. The summed E-state index contributed by atoms with van der Waals surface area (Å²) in [5.74, 6) is 6.39. The van der Waals surface area contributed by atoms with Gasteiger partial charge in [-0.05, 0) is 62.2 Å². The molecular formula is C29H33N3. The molecule has 0 aliphatic heterocycles. The average Bonchev–Trinajstić information content (AvgIpc) is 3.31. The molecule has 0 unspecified atom stereocenters. The summed E-state index contributed by atoms with van der Waals surface area (Å²) in [5, 5.41) is 0. The minimum Gasteiger partial charge on any atom is -0.306 e. The SMILES string of the molecule is CCN(CC=CC#CC(C)(C)C)Cc1cccc(C=Cc2cccc(-n3ccnc3)c2)c1. The van der Waals surface area contributed by atoms with E-state index in [-0.39, 0.29) is 5.41 Å². The van der Waals surface area contributed by atoms with Crippen LogP contribution in [-0.4, -0.2) is 27.5 Å². The van der Waals surface area contributed by atoms with Gasteiger partial charge in [-0.2, -0.15) is 0 Å². The van der Waals surface area contributed by atoms with Crippen LogP contribution in [0.3, 0.4) is 0 Å². The van der Waals surface area contributed by atoms with Gasteiger partial charge in [0.2, 0.25) is 0 Å². The molecule has 0 amide bonds. The molecule has 1 heterocycles. The van der Waals surface area contributed by atoms with Gasteiger partial charge in [-0.3, -0.25) is 4.90 Å². The Hall–Kier alpha value is -3.35. The van der Waals surface area contributed by atoms with Crippen molar-refractivity contribution < 1.29 is 0 Å². The van der Waals surface area contributed by atoms with Crippen molar-refractivity contribution in [3.8, 4) is 17.5 Å². The predicted molar refractivity (Wildman–Crippen MR) is 136 cm³/mol. The molecule has 0 N–H and O–H groups in total. The van der Waals surface area contributed by atoms with Crippen LogP contribution < -0.4 is 0 Å². The van der Waals surface area contributed by atoms with E-state index >= 15 is 0 Å². The molecule has 3 heteroatoms. The van der Waals surface area contributed by atoms with E-state index in [0.29, 0.717) is 0 Å². The normalized spacial score (nSPS) is 11.9. The molecule has 3 rings (SSSR count). The first kappa shape index (κ1) is 23.3. The van der Waals surface area contributed by atoms with Crippen molar-refractivity contribution >= 4 is 12.2 Å². The summed E-state index contributed by atoms with van der Waals surface area (Å²) in [7, 11) is 0. The Morgan fingerprint density at radius 1 is 1.03 bits per heavy atom. The zero-order chi connectivity index (χ0) is 22.8. The maximum Gasteiger partial charge on any atom is 0.0991 e. The predicted octanol–water partition coefficient (Wildman–Crippen LogP) is 6.47. The molecule has 0 radical (unpaired) electrons. The fraction of sp³-hybridized carbons (Fsp3) is 0.276. The summed E-state index contributed by atoms with van der Waals surface area (Å²) in [4.78, 5) is 6.54. The van der Waals surface area contributed by atoms with E-state index in [1.165, 1.54) is 16.7 Å². The molecule has 3 aromatic rings. The molecular weight excluding hydrogens is 390 g/mol. The fourth-order valence-corrected chi connectivity index (χ4v) is 3.27. The van der Waals surface area contributed by atoms with E-state index in [0.717, 1.165) is 25.3 Å². The van der Waals surface area contributed by atoms with E-state index in [1.54, 1.807) is 6.20 Å². The van der Waals surface area contributed by atoms with Crippen molar-refractivity contribution in [1.29, 1.82) is 0 Å². The number of rotatable bonds is 8. The van der Waals surface area contributed by atoms with Crippen molar-refractivity contribution in [3.05, 3.63) is 96.1 Å². The summed E-state index contributed by atoms with van der Waals surface area (Å²) < 4.78 is 2.01. The van der Waals surface area contributed by atoms with Crippen LogP contribution in [0.4, 0.5) is 0 Å². The van der Waals surface area contributed by atoms with E-state index < -0.39 is 0 Å². The molecule has 0 saturated heterocycles. The molecule has 1 aromatic heterocycles. The van der Waals surface area contributed by atoms with Gasteiger partial charge >= 0.3 is 0 Å². The molecule has 0 aliphatic rings. The number of hydrogen-bond donors (Lipinski definition) is 0. The lowest BCUT2D eigenvalue weighted by atomic mass is 9.98. The van der Waals surface area contributed by atoms with Gasteiger partial charge in [0, 0.05) is 36.6 Å². The monoisotopic (exact) mass is 423 g/mol. The molecule has 0 bridgehead atoms. The molecule has 0 saturated carbocycles. The van der Waals surface area contributed by atoms with Gasteiger partial charge in [-0.15, -0.1) is 0 Å². The molecule has 164 valence electrons. The van der Waals surface area contributed by atoms with Gasteiger partial charge in [0.25, 0.3) is 0 Å². The molecule has 32 heavy (non-hydrogen) atoms. The van der Waals surface area contributed by atoms with Crippen molar-refractivity contribution in [2.24, 2.45) is 5.41 Å². The maximum atomic E-state index is 4.13. The van der Waals surface area contributed by atoms with Gasteiger partial charge in [-0.25, -0.2) is 4.98 Å². The molecule has 0 spiro atoms. The Morgan fingerprint density at radius 2 is 1.78 bits per heavy atom. The third kappa shape index (κ3) is 7.72. The Bertz CT molecular complexity index is 1100. The van der Waals surface area contributed by atoms with Crippen LogP contribution in [0.1, 0.15) is 44.4 Å². The van der Waals surface area contributed by atoms with E-state index in [9.17, 15) is 0 Å². The minimum absolute atomic E-state index is 0.0452. The topological polar surface area (TPSA) is 21.1 Å². The third-order valence-corrected chi connectivity index (χ3v) is 4.96. The minimum atomic E-state index is 0.0452. The molecule has 0 atom stereocenters. The van der Waals surface area contributed by atoms with Crippen LogP contribution in [0.25, 0.3) is 17.8 Å².